The van der Waals surface area contributed by atoms with E-state index in [-0.39, 0.29) is 41.4 Å². The van der Waals surface area contributed by atoms with Gasteiger partial charge in [-0.2, -0.15) is 0 Å². The molecular formula is C37H45F2N5O4S. The maximum atomic E-state index is 14.2. The maximum absolute atomic E-state index is 14.2. The van der Waals surface area contributed by atoms with Gasteiger partial charge in [0.05, 0.1) is 28.9 Å². The summed E-state index contributed by atoms with van der Waals surface area (Å²) < 4.78 is 33.9. The number of hydrogen-bond acceptors (Lipinski definition) is 8. The number of benzene rings is 2. The quantitative estimate of drug-likeness (QED) is 0.115. The second-order valence-corrected chi connectivity index (χ2v) is 14.4. The molecule has 2 amide bonds. The number of halogens is 2. The molecule has 1 saturated carbocycles. The van der Waals surface area contributed by atoms with Crippen LogP contribution in [0.4, 0.5) is 8.78 Å². The van der Waals surface area contributed by atoms with E-state index in [2.05, 4.69) is 34.4 Å². The van der Waals surface area contributed by atoms with Crippen LogP contribution in [-0.4, -0.2) is 63.6 Å². The van der Waals surface area contributed by atoms with Crippen LogP contribution in [0, 0.1) is 17.6 Å². The molecule has 2 aromatic heterocycles. The fourth-order valence-electron chi connectivity index (χ4n) is 5.98. The summed E-state index contributed by atoms with van der Waals surface area (Å²) >= 11 is 1.66. The van der Waals surface area contributed by atoms with Crippen molar-refractivity contribution in [3.8, 4) is 11.5 Å². The summed E-state index contributed by atoms with van der Waals surface area (Å²) in [6.07, 6.45) is 7.81. The van der Waals surface area contributed by atoms with Crippen molar-refractivity contribution in [1.82, 2.24) is 25.5 Å². The summed E-state index contributed by atoms with van der Waals surface area (Å²) in [5.74, 6) is -1.57. The topological polar surface area (TPSA) is 121 Å². The molecule has 0 aliphatic heterocycles. The zero-order valence-corrected chi connectivity index (χ0v) is 29.3. The van der Waals surface area contributed by atoms with Crippen LogP contribution in [0.15, 0.2) is 59.5 Å². The monoisotopic (exact) mass is 693 g/mol. The molecule has 262 valence electrons. The highest BCUT2D eigenvalue weighted by molar-refractivity contribution is 7.11. The summed E-state index contributed by atoms with van der Waals surface area (Å²) in [4.78, 5) is 39.2. The van der Waals surface area contributed by atoms with Gasteiger partial charge in [0.25, 0.3) is 11.8 Å². The number of aliphatic hydroxyl groups is 1. The first-order chi connectivity index (χ1) is 23.5. The molecule has 9 nitrogen and oxygen atoms in total. The predicted molar refractivity (Wildman–Crippen MR) is 185 cm³/mol. The molecule has 1 aliphatic rings. The number of amides is 2. The number of oxazole rings is 1. The lowest BCUT2D eigenvalue weighted by atomic mass is 9.98. The summed E-state index contributed by atoms with van der Waals surface area (Å²) in [5, 5.41) is 19.0. The van der Waals surface area contributed by atoms with Crippen molar-refractivity contribution in [3.05, 3.63) is 93.3 Å². The molecule has 0 bridgehead atoms. The van der Waals surface area contributed by atoms with Crippen molar-refractivity contribution in [1.29, 1.82) is 0 Å². The number of nitrogens with one attached hydrogen (secondary N) is 2. The largest absolute Gasteiger partial charge is 0.445 e. The Morgan fingerprint density at radius 1 is 1.00 bits per heavy atom. The molecule has 5 rings (SSSR count). The van der Waals surface area contributed by atoms with Crippen molar-refractivity contribution in [2.75, 3.05) is 19.6 Å². The van der Waals surface area contributed by atoms with Crippen LogP contribution in [0.3, 0.4) is 0 Å². The molecule has 2 atom stereocenters. The van der Waals surface area contributed by atoms with E-state index in [1.807, 2.05) is 20.0 Å². The van der Waals surface area contributed by atoms with E-state index in [9.17, 15) is 23.5 Å². The number of carbonyl (C=O) groups is 2. The number of aliphatic hydroxyl groups excluding tert-OH is 1. The van der Waals surface area contributed by atoms with Crippen LogP contribution < -0.4 is 10.6 Å². The lowest BCUT2D eigenvalue weighted by Gasteiger charge is -2.27. The molecule has 3 N–H and O–H groups in total. The van der Waals surface area contributed by atoms with Gasteiger partial charge in [-0.1, -0.05) is 27.7 Å². The molecule has 0 spiro atoms. The van der Waals surface area contributed by atoms with Crippen LogP contribution in [0.2, 0.25) is 0 Å². The smallest absolute Gasteiger partial charge is 0.253 e. The normalized spacial score (nSPS) is 14.9. The van der Waals surface area contributed by atoms with Crippen LogP contribution in [0.5, 0.6) is 0 Å². The Morgan fingerprint density at radius 3 is 2.31 bits per heavy atom. The lowest BCUT2D eigenvalue weighted by molar-refractivity contribution is 0.0755. The van der Waals surface area contributed by atoms with Crippen molar-refractivity contribution in [2.45, 2.75) is 83.9 Å². The first kappa shape index (κ1) is 36.3. The van der Waals surface area contributed by atoms with E-state index in [0.29, 0.717) is 30.1 Å². The highest BCUT2D eigenvalue weighted by atomic mass is 32.1. The molecule has 2 heterocycles. The third-order valence-electron chi connectivity index (χ3n) is 8.56. The average molecular weight is 694 g/mol. The Kier molecular flexibility index (Phi) is 12.0. The minimum atomic E-state index is -1.13. The van der Waals surface area contributed by atoms with Crippen LogP contribution in [-0.2, 0) is 18.4 Å². The van der Waals surface area contributed by atoms with E-state index < -0.39 is 29.7 Å². The standard InChI is InChI=1S/C37H45F2N5O4S/c1-5-10-44(11-6-2)36(47)27-18-25(17-26(19-27)35-40-9-12-48-35)34(46)43-30(16-24-14-28(38)20-29(39)15-24)31(45)21-42-37(7-8-37)32-22-41-33(49-32)13-23(3)4/h9,12,14-15,17-20,22-23,30-31,42,45H,5-8,10-11,13,16,21H2,1-4H3,(H,43,46)/t30-,31+/m0/s1. The summed E-state index contributed by atoms with van der Waals surface area (Å²) in [6.45, 7) is 9.53. The summed E-state index contributed by atoms with van der Waals surface area (Å²) in [6, 6.07) is 6.96. The van der Waals surface area contributed by atoms with E-state index >= 15 is 0 Å². The first-order valence-electron chi connectivity index (χ1n) is 17.0. The Bertz CT molecular complexity index is 1700. The van der Waals surface area contributed by atoms with Gasteiger partial charge in [-0.05, 0) is 73.9 Å². The first-order valence-corrected chi connectivity index (χ1v) is 17.8. The molecule has 4 aromatic rings. The summed E-state index contributed by atoms with van der Waals surface area (Å²) in [7, 11) is 0. The van der Waals surface area contributed by atoms with Gasteiger partial charge in [-0.15, -0.1) is 11.3 Å². The van der Waals surface area contributed by atoms with Crippen molar-refractivity contribution in [3.63, 3.8) is 0 Å². The SMILES string of the molecule is CCCN(CCC)C(=O)c1cc(C(=O)N[C@@H](Cc2cc(F)cc(F)c2)[C@H](O)CNC2(c3cnc(CC(C)C)s3)CC2)cc(-c2ncco2)c1. The van der Waals surface area contributed by atoms with Gasteiger partial charge in [0.2, 0.25) is 5.89 Å². The van der Waals surface area contributed by atoms with Gasteiger partial charge in [0, 0.05) is 59.9 Å². The van der Waals surface area contributed by atoms with Crippen molar-refractivity contribution in [2.24, 2.45) is 5.92 Å². The van der Waals surface area contributed by atoms with Crippen LogP contribution in [0.25, 0.3) is 11.5 Å². The van der Waals surface area contributed by atoms with Gasteiger partial charge in [-0.25, -0.2) is 18.7 Å². The highest BCUT2D eigenvalue weighted by Gasteiger charge is 2.46. The Hall–Kier alpha value is -4.00. The molecule has 1 aliphatic carbocycles. The molecule has 1 fully saturated rings. The number of thiazole rings is 1. The summed E-state index contributed by atoms with van der Waals surface area (Å²) in [5.41, 5.74) is 0.866. The van der Waals surface area contributed by atoms with E-state index in [1.165, 1.54) is 30.7 Å². The van der Waals surface area contributed by atoms with Gasteiger partial charge in [0.1, 0.15) is 17.9 Å². The number of nitrogens with zero attached hydrogens (tertiary/aromatic N) is 3. The van der Waals surface area contributed by atoms with Crippen molar-refractivity contribution < 1.29 is 27.9 Å². The van der Waals surface area contributed by atoms with E-state index in [1.54, 1.807) is 28.4 Å². The maximum Gasteiger partial charge on any atom is 0.253 e. The van der Waals surface area contributed by atoms with Crippen molar-refractivity contribution >= 4 is 23.2 Å². The number of rotatable bonds is 17. The molecular weight excluding hydrogens is 649 g/mol. The number of carbonyl (C=O) groups excluding carboxylic acids is 2. The van der Waals surface area contributed by atoms with Gasteiger partial charge in [-0.3, -0.25) is 9.59 Å². The van der Waals surface area contributed by atoms with E-state index in [0.717, 1.165) is 48.1 Å². The lowest BCUT2D eigenvalue weighted by Crippen LogP contribution is -2.50. The van der Waals surface area contributed by atoms with Crippen LogP contribution in [0.1, 0.15) is 89.5 Å². The third kappa shape index (κ3) is 9.37. The van der Waals surface area contributed by atoms with Crippen LogP contribution >= 0.6 is 11.3 Å². The van der Waals surface area contributed by atoms with E-state index in [4.69, 9.17) is 4.42 Å². The number of hydrogen-bond donors (Lipinski definition) is 3. The third-order valence-corrected chi connectivity index (χ3v) is 9.79. The predicted octanol–water partition coefficient (Wildman–Crippen LogP) is 6.52. The fraction of sp³-hybridized carbons (Fsp3) is 0.459. The zero-order chi connectivity index (χ0) is 35.1. The minimum absolute atomic E-state index is 0.0403. The van der Waals surface area contributed by atoms with Gasteiger partial charge >= 0.3 is 0 Å². The molecule has 49 heavy (non-hydrogen) atoms. The zero-order valence-electron chi connectivity index (χ0n) is 28.5. The van der Waals surface area contributed by atoms with Gasteiger partial charge in [0.15, 0.2) is 0 Å². The molecule has 0 radical (unpaired) electrons. The average Bonchev–Trinajstić information content (AvgIpc) is 3.40. The van der Waals surface area contributed by atoms with Gasteiger partial charge < -0.3 is 25.1 Å². The fourth-order valence-corrected chi connectivity index (χ4v) is 7.33. The highest BCUT2D eigenvalue weighted by Crippen LogP contribution is 2.47. The number of aromatic nitrogens is 2. The second-order valence-electron chi connectivity index (χ2n) is 13.2. The second kappa shape index (κ2) is 16.1. The molecule has 12 heteroatoms. The minimum Gasteiger partial charge on any atom is -0.445 e. The molecule has 0 unspecified atom stereocenters. The molecule has 0 saturated heterocycles. The Morgan fingerprint density at radius 2 is 1.69 bits per heavy atom. The Labute approximate surface area is 290 Å². The Balaban J connectivity index is 1.40. The molecule has 2 aromatic carbocycles.